The zero-order chi connectivity index (χ0) is 10.4. The van der Waals surface area contributed by atoms with E-state index in [1.807, 2.05) is 13.0 Å². The van der Waals surface area contributed by atoms with Crippen molar-refractivity contribution in [3.05, 3.63) is 35.8 Å². The Morgan fingerprint density at radius 3 is 3.07 bits per heavy atom. The fourth-order valence-electron chi connectivity index (χ4n) is 0.935. The highest BCUT2D eigenvalue weighted by Crippen LogP contribution is 2.15. The molecule has 0 radical (unpaired) electrons. The molecule has 3 nitrogen and oxygen atoms in total. The molecule has 0 saturated heterocycles. The molecular formula is C10H12FNO2. The third-order valence-corrected chi connectivity index (χ3v) is 1.61. The number of ether oxygens (including phenoxy) is 1. The van der Waals surface area contributed by atoms with Crippen LogP contribution in [0.25, 0.3) is 0 Å². The molecule has 0 aromatic carbocycles. The van der Waals surface area contributed by atoms with Crippen LogP contribution < -0.4 is 4.74 Å². The summed E-state index contributed by atoms with van der Waals surface area (Å²) in [6.45, 7) is 1.95. The highest BCUT2D eigenvalue weighted by atomic mass is 19.1. The Labute approximate surface area is 81.9 Å². The lowest BCUT2D eigenvalue weighted by molar-refractivity contribution is 0.265. The Kier molecular flexibility index (Phi) is 4.07. The molecular weight excluding hydrogens is 185 g/mol. The SMILES string of the molecule is C/C=C/COc1ncc(F)cc1CO. The Balaban J connectivity index is 2.74. The molecule has 0 unspecified atom stereocenters. The quantitative estimate of drug-likeness (QED) is 0.746. The lowest BCUT2D eigenvalue weighted by Gasteiger charge is -2.06. The second-order valence-electron chi connectivity index (χ2n) is 2.66. The first-order valence-corrected chi connectivity index (χ1v) is 4.27. The van der Waals surface area contributed by atoms with Crippen molar-refractivity contribution in [2.75, 3.05) is 6.61 Å². The maximum absolute atomic E-state index is 12.7. The van der Waals surface area contributed by atoms with E-state index in [1.165, 1.54) is 6.07 Å². The first-order chi connectivity index (χ1) is 6.77. The van der Waals surface area contributed by atoms with Gasteiger partial charge in [0, 0.05) is 5.56 Å². The standard InChI is InChI=1S/C10H12FNO2/c1-2-3-4-14-10-8(7-13)5-9(11)6-12-10/h2-3,5-6,13H,4,7H2,1H3/b3-2+. The highest BCUT2D eigenvalue weighted by molar-refractivity contribution is 5.25. The lowest BCUT2D eigenvalue weighted by Crippen LogP contribution is -2.00. The molecule has 76 valence electrons. The fraction of sp³-hybridized carbons (Fsp3) is 0.300. The van der Waals surface area contributed by atoms with E-state index in [0.29, 0.717) is 12.2 Å². The number of halogens is 1. The molecule has 1 rings (SSSR count). The van der Waals surface area contributed by atoms with Gasteiger partial charge in [-0.3, -0.25) is 0 Å². The summed E-state index contributed by atoms with van der Waals surface area (Å²) < 4.78 is 17.9. The first-order valence-electron chi connectivity index (χ1n) is 4.27. The topological polar surface area (TPSA) is 42.4 Å². The van der Waals surface area contributed by atoms with Crippen LogP contribution in [0, 0.1) is 5.82 Å². The van der Waals surface area contributed by atoms with E-state index >= 15 is 0 Å². The van der Waals surface area contributed by atoms with Gasteiger partial charge >= 0.3 is 0 Å². The average molecular weight is 197 g/mol. The van der Waals surface area contributed by atoms with Gasteiger partial charge in [-0.1, -0.05) is 12.2 Å². The molecule has 1 aromatic heterocycles. The van der Waals surface area contributed by atoms with Gasteiger partial charge in [-0.2, -0.15) is 0 Å². The summed E-state index contributed by atoms with van der Waals surface area (Å²) in [4.78, 5) is 3.73. The first kappa shape index (κ1) is 10.7. The van der Waals surface area contributed by atoms with Crippen molar-refractivity contribution in [2.24, 2.45) is 0 Å². The normalized spacial score (nSPS) is 10.8. The number of nitrogens with zero attached hydrogens (tertiary/aromatic N) is 1. The number of hydrogen-bond donors (Lipinski definition) is 1. The zero-order valence-corrected chi connectivity index (χ0v) is 7.90. The van der Waals surface area contributed by atoms with E-state index in [-0.39, 0.29) is 12.5 Å². The van der Waals surface area contributed by atoms with Crippen LogP contribution in [0.1, 0.15) is 12.5 Å². The second kappa shape index (κ2) is 5.34. The molecule has 0 bridgehead atoms. The summed E-state index contributed by atoms with van der Waals surface area (Å²) in [6, 6.07) is 1.21. The number of allylic oxidation sites excluding steroid dienone is 1. The molecule has 0 aliphatic rings. The molecule has 0 aliphatic heterocycles. The van der Waals surface area contributed by atoms with Crippen molar-refractivity contribution in [1.82, 2.24) is 4.98 Å². The Bertz CT molecular complexity index is 326. The molecule has 0 spiro atoms. The molecule has 0 amide bonds. The van der Waals surface area contributed by atoms with Gasteiger partial charge in [-0.25, -0.2) is 9.37 Å². The maximum atomic E-state index is 12.7. The number of aliphatic hydroxyl groups excluding tert-OH is 1. The van der Waals surface area contributed by atoms with Crippen molar-refractivity contribution < 1.29 is 14.2 Å². The van der Waals surface area contributed by atoms with Gasteiger partial charge in [-0.05, 0) is 13.0 Å². The van der Waals surface area contributed by atoms with Crippen molar-refractivity contribution >= 4 is 0 Å². The fourth-order valence-corrected chi connectivity index (χ4v) is 0.935. The summed E-state index contributed by atoms with van der Waals surface area (Å²) in [5, 5.41) is 8.89. The van der Waals surface area contributed by atoms with Crippen LogP contribution in [0.5, 0.6) is 5.88 Å². The largest absolute Gasteiger partial charge is 0.473 e. The van der Waals surface area contributed by atoms with E-state index in [9.17, 15) is 4.39 Å². The monoisotopic (exact) mass is 197 g/mol. The Morgan fingerprint density at radius 1 is 1.64 bits per heavy atom. The minimum absolute atomic E-state index is 0.270. The van der Waals surface area contributed by atoms with Crippen molar-refractivity contribution in [3.63, 3.8) is 0 Å². The molecule has 0 saturated carbocycles. The van der Waals surface area contributed by atoms with E-state index in [1.54, 1.807) is 6.08 Å². The third-order valence-electron chi connectivity index (χ3n) is 1.61. The number of pyridine rings is 1. The zero-order valence-electron chi connectivity index (χ0n) is 7.90. The molecule has 1 aromatic rings. The van der Waals surface area contributed by atoms with Gasteiger partial charge < -0.3 is 9.84 Å². The number of hydrogen-bond acceptors (Lipinski definition) is 3. The highest BCUT2D eigenvalue weighted by Gasteiger charge is 2.04. The maximum Gasteiger partial charge on any atom is 0.219 e. The van der Waals surface area contributed by atoms with E-state index in [0.717, 1.165) is 6.20 Å². The molecule has 0 fully saturated rings. The average Bonchev–Trinajstić information content (AvgIpc) is 2.20. The summed E-state index contributed by atoms with van der Waals surface area (Å²) in [5.74, 6) is -0.209. The van der Waals surface area contributed by atoms with Gasteiger partial charge in [0.2, 0.25) is 5.88 Å². The minimum Gasteiger partial charge on any atom is -0.473 e. The molecule has 14 heavy (non-hydrogen) atoms. The Hall–Kier alpha value is -1.42. The van der Waals surface area contributed by atoms with E-state index < -0.39 is 5.82 Å². The van der Waals surface area contributed by atoms with Gasteiger partial charge in [0.1, 0.15) is 12.4 Å². The van der Waals surface area contributed by atoms with Crippen LogP contribution in [-0.4, -0.2) is 16.7 Å². The van der Waals surface area contributed by atoms with Crippen LogP contribution in [0.15, 0.2) is 24.4 Å². The van der Waals surface area contributed by atoms with Crippen LogP contribution >= 0.6 is 0 Å². The summed E-state index contributed by atoms with van der Waals surface area (Å²) >= 11 is 0. The lowest BCUT2D eigenvalue weighted by atomic mass is 10.3. The van der Waals surface area contributed by atoms with Gasteiger partial charge in [0.25, 0.3) is 0 Å². The van der Waals surface area contributed by atoms with Gasteiger partial charge in [-0.15, -0.1) is 0 Å². The van der Waals surface area contributed by atoms with Crippen molar-refractivity contribution in [3.8, 4) is 5.88 Å². The summed E-state index contributed by atoms with van der Waals surface area (Å²) in [7, 11) is 0. The van der Waals surface area contributed by atoms with Crippen molar-refractivity contribution in [2.45, 2.75) is 13.5 Å². The number of aliphatic hydroxyl groups is 1. The van der Waals surface area contributed by atoms with Crippen LogP contribution in [0.2, 0.25) is 0 Å². The summed E-state index contributed by atoms with van der Waals surface area (Å²) in [5.41, 5.74) is 0.356. The minimum atomic E-state index is -0.479. The Morgan fingerprint density at radius 2 is 2.43 bits per heavy atom. The van der Waals surface area contributed by atoms with E-state index in [4.69, 9.17) is 9.84 Å². The van der Waals surface area contributed by atoms with Crippen LogP contribution in [-0.2, 0) is 6.61 Å². The number of aromatic nitrogens is 1. The van der Waals surface area contributed by atoms with E-state index in [2.05, 4.69) is 4.98 Å². The van der Waals surface area contributed by atoms with Gasteiger partial charge in [0.15, 0.2) is 0 Å². The molecule has 1 heterocycles. The third kappa shape index (κ3) is 2.81. The van der Waals surface area contributed by atoms with Gasteiger partial charge in [0.05, 0.1) is 12.8 Å². The molecule has 0 aliphatic carbocycles. The molecule has 4 heteroatoms. The summed E-state index contributed by atoms with van der Waals surface area (Å²) in [6.07, 6.45) is 4.69. The second-order valence-corrected chi connectivity index (χ2v) is 2.66. The van der Waals surface area contributed by atoms with Crippen molar-refractivity contribution in [1.29, 1.82) is 0 Å². The number of rotatable bonds is 4. The molecule has 0 atom stereocenters. The van der Waals surface area contributed by atoms with Crippen LogP contribution in [0.4, 0.5) is 4.39 Å². The molecule has 1 N–H and O–H groups in total. The van der Waals surface area contributed by atoms with Crippen LogP contribution in [0.3, 0.4) is 0 Å². The predicted molar refractivity (Wildman–Crippen MR) is 50.4 cm³/mol. The predicted octanol–water partition coefficient (Wildman–Crippen LogP) is 1.67. The smallest absolute Gasteiger partial charge is 0.219 e.